The van der Waals surface area contributed by atoms with Crippen LogP contribution in [0.3, 0.4) is 0 Å². The summed E-state index contributed by atoms with van der Waals surface area (Å²) < 4.78 is 1.87. The third-order valence-corrected chi connectivity index (χ3v) is 8.56. The van der Waals surface area contributed by atoms with Crippen LogP contribution >= 0.6 is 23.6 Å². The second kappa shape index (κ2) is 15.3. The Morgan fingerprint density at radius 3 is 2.55 bits per heavy atom. The molecule has 0 bridgehead atoms. The van der Waals surface area contributed by atoms with Gasteiger partial charge in [0.1, 0.15) is 0 Å². The van der Waals surface area contributed by atoms with E-state index in [2.05, 4.69) is 51.8 Å². The number of rotatable bonds is 15. The summed E-state index contributed by atoms with van der Waals surface area (Å²) >= 11 is 7.64. The van der Waals surface area contributed by atoms with Gasteiger partial charge >= 0.3 is 0 Å². The summed E-state index contributed by atoms with van der Waals surface area (Å²) in [6.07, 6.45) is 5.00. The molecule has 3 N–H and O–H groups in total. The second-order valence-electron chi connectivity index (χ2n) is 10.4. The normalized spacial score (nSPS) is 12.4. The number of nitrogens with zero attached hydrogens (tertiary/aromatic N) is 4. The lowest BCUT2D eigenvalue weighted by atomic mass is 9.96. The van der Waals surface area contributed by atoms with Gasteiger partial charge in [-0.1, -0.05) is 67.7 Å². The number of hydrogen-bond donors (Lipinski definition) is 2. The van der Waals surface area contributed by atoms with Crippen molar-refractivity contribution in [3.8, 4) is 0 Å². The molecular weight excluding hydrogens is 569 g/mol. The van der Waals surface area contributed by atoms with Gasteiger partial charge in [-0.2, -0.15) is 0 Å². The zero-order valence-corrected chi connectivity index (χ0v) is 25.2. The maximum absolute atomic E-state index is 13.0. The van der Waals surface area contributed by atoms with Gasteiger partial charge in [-0.25, -0.2) is 4.98 Å². The van der Waals surface area contributed by atoms with Gasteiger partial charge in [-0.05, 0) is 41.3 Å². The molecule has 0 aliphatic rings. The summed E-state index contributed by atoms with van der Waals surface area (Å²) in [7, 11) is 0. The largest absolute Gasteiger partial charge is 0.357 e. The molecular formula is C31H36N6O3S2. The Morgan fingerprint density at radius 2 is 1.88 bits per heavy atom. The number of aromatic nitrogens is 2. The molecule has 11 heteroatoms. The van der Waals surface area contributed by atoms with E-state index >= 15 is 0 Å². The first kappa shape index (κ1) is 31.0. The molecule has 0 aliphatic carbocycles. The zero-order valence-electron chi connectivity index (χ0n) is 23.6. The molecule has 0 fully saturated rings. The fourth-order valence-corrected chi connectivity index (χ4v) is 5.72. The van der Waals surface area contributed by atoms with Gasteiger partial charge in [0, 0.05) is 54.6 Å². The van der Waals surface area contributed by atoms with Gasteiger partial charge in [0.25, 0.3) is 5.69 Å². The first-order valence-corrected chi connectivity index (χ1v) is 15.2. The van der Waals surface area contributed by atoms with Crippen molar-refractivity contribution in [2.75, 3.05) is 6.54 Å². The number of thiophene rings is 1. The highest BCUT2D eigenvalue weighted by molar-refractivity contribution is 7.80. The number of nitro benzene ring substituents is 1. The number of hydrogen-bond acceptors (Lipinski definition) is 7. The van der Waals surface area contributed by atoms with Gasteiger partial charge in [0.15, 0.2) is 0 Å². The van der Waals surface area contributed by atoms with Gasteiger partial charge in [0.05, 0.1) is 29.2 Å². The van der Waals surface area contributed by atoms with Crippen molar-refractivity contribution in [1.29, 1.82) is 0 Å². The number of non-ortho nitro benzene ring substituents is 1. The molecule has 1 amide bonds. The molecule has 2 heterocycles. The van der Waals surface area contributed by atoms with Gasteiger partial charge in [0.2, 0.25) is 5.91 Å². The molecule has 0 aliphatic heterocycles. The number of benzene rings is 2. The Labute approximate surface area is 255 Å². The molecule has 0 saturated carbocycles. The quantitative estimate of drug-likeness (QED) is 0.107. The second-order valence-corrected chi connectivity index (χ2v) is 11.9. The predicted octanol–water partition coefficient (Wildman–Crippen LogP) is 5.33. The van der Waals surface area contributed by atoms with Crippen molar-refractivity contribution < 1.29 is 9.72 Å². The minimum atomic E-state index is -0.426. The van der Waals surface area contributed by atoms with Crippen LogP contribution in [0.5, 0.6) is 0 Å². The minimum absolute atomic E-state index is 0.0399. The molecule has 9 nitrogen and oxygen atoms in total. The number of nitrogens with two attached hydrogens (primary N) is 1. The predicted molar refractivity (Wildman–Crippen MR) is 170 cm³/mol. The molecule has 2 aromatic carbocycles. The molecule has 4 aromatic rings. The summed E-state index contributed by atoms with van der Waals surface area (Å²) in [5.41, 5.74) is 8.98. The number of nitrogens with one attached hydrogen (secondary N) is 1. The maximum atomic E-state index is 13.0. The van der Waals surface area contributed by atoms with E-state index in [1.54, 1.807) is 36.0 Å². The van der Waals surface area contributed by atoms with Crippen LogP contribution < -0.4 is 11.1 Å². The molecule has 0 radical (unpaired) electrons. The number of thiocarbonyl (C=S) groups is 1. The minimum Gasteiger partial charge on any atom is -0.357 e. The molecule has 4 rings (SSSR count). The van der Waals surface area contributed by atoms with Crippen LogP contribution in [-0.2, 0) is 30.8 Å². The summed E-state index contributed by atoms with van der Waals surface area (Å²) in [6, 6.07) is 20.7. The highest BCUT2D eigenvalue weighted by Crippen LogP contribution is 2.20. The maximum Gasteiger partial charge on any atom is 0.269 e. The van der Waals surface area contributed by atoms with E-state index in [4.69, 9.17) is 18.0 Å². The van der Waals surface area contributed by atoms with Crippen molar-refractivity contribution in [1.82, 2.24) is 19.8 Å². The zero-order chi connectivity index (χ0) is 29.9. The fourth-order valence-electron chi connectivity index (χ4n) is 4.75. The van der Waals surface area contributed by atoms with Gasteiger partial charge < -0.3 is 20.5 Å². The van der Waals surface area contributed by atoms with Crippen molar-refractivity contribution in [2.24, 2.45) is 11.7 Å². The number of carbonyl (C=O) groups excluding carboxylic acids is 1. The smallest absolute Gasteiger partial charge is 0.269 e. The lowest BCUT2D eigenvalue weighted by Crippen LogP contribution is -2.45. The Bertz CT molecular complexity index is 1440. The van der Waals surface area contributed by atoms with Crippen LogP contribution in [0.25, 0.3) is 0 Å². The average molecular weight is 605 g/mol. The van der Waals surface area contributed by atoms with Gasteiger partial charge in [-0.15, -0.1) is 11.3 Å². The average Bonchev–Trinajstić information content (AvgIpc) is 3.67. The Kier molecular flexibility index (Phi) is 11.3. The van der Waals surface area contributed by atoms with E-state index in [9.17, 15) is 14.9 Å². The number of nitro groups is 1. The molecule has 2 aromatic heterocycles. The molecule has 0 saturated heterocycles. The first-order valence-electron chi connectivity index (χ1n) is 13.9. The van der Waals surface area contributed by atoms with E-state index in [1.807, 2.05) is 22.8 Å². The standard InChI is InChI=1S/C31H36N6O3S2/c1-23(9-14-31(41)35(21-28-8-5-15-42-28)19-24-6-3-2-4-7-24)29(17-32)34-30(38)16-27-18-33-22-36(27)20-25-10-12-26(13-11-25)37(39)40/h2-8,10-13,15,18,22-23,29H,9,14,16-17,19-21,32H2,1H3,(H,34,38). The summed E-state index contributed by atoms with van der Waals surface area (Å²) in [5.74, 6) is -0.00374. The Hall–Kier alpha value is -3.93. The monoisotopic (exact) mass is 604 g/mol. The lowest BCUT2D eigenvalue weighted by Gasteiger charge is -2.28. The van der Waals surface area contributed by atoms with E-state index in [1.165, 1.54) is 22.6 Å². The Morgan fingerprint density at radius 1 is 1.12 bits per heavy atom. The number of carbonyl (C=O) groups is 1. The van der Waals surface area contributed by atoms with Crippen molar-refractivity contribution in [3.63, 3.8) is 0 Å². The van der Waals surface area contributed by atoms with E-state index in [0.717, 1.165) is 42.2 Å². The van der Waals surface area contributed by atoms with Crippen LogP contribution in [0.1, 0.15) is 41.5 Å². The molecule has 220 valence electrons. The highest BCUT2D eigenvalue weighted by atomic mass is 32.1. The van der Waals surface area contributed by atoms with E-state index in [0.29, 0.717) is 13.1 Å². The highest BCUT2D eigenvalue weighted by Gasteiger charge is 2.21. The summed E-state index contributed by atoms with van der Waals surface area (Å²) in [5, 5.41) is 16.1. The SMILES string of the molecule is CC(CCC(=S)N(Cc1ccccc1)Cc1cccs1)C(CN)NC(=O)Cc1cncn1Cc1ccc([N+](=O)[O-])cc1. The van der Waals surface area contributed by atoms with Crippen LogP contribution in [0.4, 0.5) is 5.69 Å². The first-order chi connectivity index (χ1) is 20.3. The van der Waals surface area contributed by atoms with Crippen LogP contribution in [-0.4, -0.2) is 42.9 Å². The summed E-state index contributed by atoms with van der Waals surface area (Å²) in [4.78, 5) is 32.1. The third kappa shape index (κ3) is 9.04. The van der Waals surface area contributed by atoms with Crippen molar-refractivity contribution in [2.45, 2.75) is 51.9 Å². The van der Waals surface area contributed by atoms with Crippen molar-refractivity contribution in [3.05, 3.63) is 116 Å². The number of amides is 1. The fraction of sp³-hybridized carbons (Fsp3) is 0.323. The topological polar surface area (TPSA) is 119 Å². The van der Waals surface area contributed by atoms with E-state index in [-0.39, 0.29) is 30.0 Å². The lowest BCUT2D eigenvalue weighted by molar-refractivity contribution is -0.384. The van der Waals surface area contributed by atoms with Crippen molar-refractivity contribution >= 4 is 40.1 Å². The molecule has 42 heavy (non-hydrogen) atoms. The molecule has 2 unspecified atom stereocenters. The van der Waals surface area contributed by atoms with Crippen LogP contribution in [0.2, 0.25) is 0 Å². The van der Waals surface area contributed by atoms with Crippen LogP contribution in [0, 0.1) is 16.0 Å². The molecule has 2 atom stereocenters. The molecule has 0 spiro atoms. The Balaban J connectivity index is 1.30. The van der Waals surface area contributed by atoms with Crippen LogP contribution in [0.15, 0.2) is 84.6 Å². The van der Waals surface area contributed by atoms with Gasteiger partial charge in [-0.3, -0.25) is 14.9 Å². The number of imidazole rings is 1. The van der Waals surface area contributed by atoms with E-state index < -0.39 is 4.92 Å². The summed E-state index contributed by atoms with van der Waals surface area (Å²) in [6.45, 7) is 4.39. The third-order valence-electron chi connectivity index (χ3n) is 7.24.